The first-order chi connectivity index (χ1) is 5.52. The molecule has 12 heavy (non-hydrogen) atoms. The highest BCUT2D eigenvalue weighted by Crippen LogP contribution is 2.23. The highest BCUT2D eigenvalue weighted by atomic mass is 16.5. The predicted molar refractivity (Wildman–Crippen MR) is 41.9 cm³/mol. The minimum atomic E-state index is -1.74. The third-order valence-corrected chi connectivity index (χ3v) is 2.11. The lowest BCUT2D eigenvalue weighted by Crippen LogP contribution is -2.42. The number of hydrogen-bond acceptors (Lipinski definition) is 3. The summed E-state index contributed by atoms with van der Waals surface area (Å²) >= 11 is 0. The average Bonchev–Trinajstić information content (AvgIpc) is 1.83. The number of hydrogen-bond donors (Lipinski definition) is 2. The second-order valence-electron chi connectivity index (χ2n) is 3.44. The molecule has 0 aromatic rings. The van der Waals surface area contributed by atoms with Crippen LogP contribution in [0.1, 0.15) is 26.2 Å². The number of rotatable bonds is 4. The molecule has 0 heterocycles. The zero-order chi connectivity index (χ0) is 9.19. The Balaban J connectivity index is 2.24. The van der Waals surface area contributed by atoms with E-state index in [1.165, 1.54) is 6.92 Å². The second-order valence-corrected chi connectivity index (χ2v) is 3.44. The van der Waals surface area contributed by atoms with Gasteiger partial charge in [-0.1, -0.05) is 0 Å². The van der Waals surface area contributed by atoms with E-state index < -0.39 is 11.6 Å². The van der Waals surface area contributed by atoms with Crippen LogP contribution in [-0.4, -0.2) is 34.5 Å². The van der Waals surface area contributed by atoms with Crippen molar-refractivity contribution >= 4 is 5.97 Å². The zero-order valence-electron chi connectivity index (χ0n) is 7.12. The van der Waals surface area contributed by atoms with Crippen LogP contribution < -0.4 is 0 Å². The summed E-state index contributed by atoms with van der Waals surface area (Å²) in [7, 11) is 0. The first-order valence-corrected chi connectivity index (χ1v) is 4.10. The van der Waals surface area contributed by atoms with E-state index in [1.807, 2.05) is 0 Å². The zero-order valence-corrected chi connectivity index (χ0v) is 7.12. The van der Waals surface area contributed by atoms with E-state index in [0.717, 1.165) is 19.3 Å². The molecule has 0 saturated heterocycles. The Morgan fingerprint density at radius 3 is 2.58 bits per heavy atom. The maximum atomic E-state index is 10.4. The molecule has 4 nitrogen and oxygen atoms in total. The average molecular weight is 174 g/mol. The normalized spacial score (nSPS) is 22.8. The Bertz CT molecular complexity index is 172. The lowest BCUT2D eigenvalue weighted by molar-refractivity contribution is -0.166. The van der Waals surface area contributed by atoms with Gasteiger partial charge in [0.2, 0.25) is 0 Å². The van der Waals surface area contributed by atoms with Crippen molar-refractivity contribution < 1.29 is 19.7 Å². The summed E-state index contributed by atoms with van der Waals surface area (Å²) in [5.41, 5.74) is -1.74. The number of carboxylic acid groups (broad SMARTS) is 1. The largest absolute Gasteiger partial charge is 0.479 e. The van der Waals surface area contributed by atoms with E-state index in [0.29, 0.717) is 0 Å². The fraction of sp³-hybridized carbons (Fsp3) is 0.875. The van der Waals surface area contributed by atoms with Crippen LogP contribution in [0.15, 0.2) is 0 Å². The Morgan fingerprint density at radius 1 is 1.67 bits per heavy atom. The highest BCUT2D eigenvalue weighted by Gasteiger charge is 2.32. The topological polar surface area (TPSA) is 66.8 Å². The summed E-state index contributed by atoms with van der Waals surface area (Å²) in [6, 6.07) is 0. The minimum Gasteiger partial charge on any atom is -0.479 e. The van der Waals surface area contributed by atoms with E-state index in [4.69, 9.17) is 9.84 Å². The van der Waals surface area contributed by atoms with Crippen molar-refractivity contribution in [3.63, 3.8) is 0 Å². The van der Waals surface area contributed by atoms with Gasteiger partial charge in [0.15, 0.2) is 5.60 Å². The molecule has 0 aromatic carbocycles. The van der Waals surface area contributed by atoms with Gasteiger partial charge in [-0.15, -0.1) is 0 Å². The van der Waals surface area contributed by atoms with Gasteiger partial charge in [-0.2, -0.15) is 0 Å². The van der Waals surface area contributed by atoms with Crippen LogP contribution in [-0.2, 0) is 9.53 Å². The van der Waals surface area contributed by atoms with Crippen molar-refractivity contribution in [3.8, 4) is 0 Å². The van der Waals surface area contributed by atoms with Gasteiger partial charge >= 0.3 is 5.97 Å². The molecule has 1 atom stereocenters. The molecule has 70 valence electrons. The molecule has 1 aliphatic carbocycles. The van der Waals surface area contributed by atoms with Gasteiger partial charge in [-0.3, -0.25) is 0 Å². The molecule has 1 saturated carbocycles. The standard InChI is InChI=1S/C8H14O4/c1-8(11,7(9)10)5-12-6-3-2-4-6/h6,11H,2-5H2,1H3,(H,9,10). The fourth-order valence-corrected chi connectivity index (χ4v) is 0.879. The van der Waals surface area contributed by atoms with Crippen LogP contribution in [0.2, 0.25) is 0 Å². The van der Waals surface area contributed by atoms with Gasteiger partial charge in [0.05, 0.1) is 12.7 Å². The van der Waals surface area contributed by atoms with Gasteiger partial charge in [-0.25, -0.2) is 4.79 Å². The van der Waals surface area contributed by atoms with Crippen molar-refractivity contribution in [2.24, 2.45) is 0 Å². The summed E-state index contributed by atoms with van der Waals surface area (Å²) in [6.45, 7) is 1.13. The molecule has 4 heteroatoms. The smallest absolute Gasteiger partial charge is 0.337 e. The van der Waals surface area contributed by atoms with Crippen LogP contribution in [0, 0.1) is 0 Å². The Labute approximate surface area is 71.2 Å². The molecule has 0 aliphatic heterocycles. The monoisotopic (exact) mass is 174 g/mol. The predicted octanol–water partition coefficient (Wildman–Crippen LogP) is 0.391. The first kappa shape index (κ1) is 9.48. The summed E-state index contributed by atoms with van der Waals surface area (Å²) in [5.74, 6) is -1.23. The number of aliphatic carboxylic acids is 1. The Hall–Kier alpha value is -0.610. The summed E-state index contributed by atoms with van der Waals surface area (Å²) in [6.07, 6.45) is 3.27. The van der Waals surface area contributed by atoms with Gasteiger partial charge in [0, 0.05) is 0 Å². The third kappa shape index (κ3) is 2.19. The fourth-order valence-electron chi connectivity index (χ4n) is 0.879. The molecule has 1 rings (SSSR count). The van der Waals surface area contributed by atoms with E-state index in [1.54, 1.807) is 0 Å². The molecule has 1 aliphatic rings. The number of ether oxygens (including phenoxy) is 1. The van der Waals surface area contributed by atoms with Crippen LogP contribution in [0.25, 0.3) is 0 Å². The first-order valence-electron chi connectivity index (χ1n) is 4.10. The summed E-state index contributed by atoms with van der Waals surface area (Å²) in [4.78, 5) is 10.4. The van der Waals surface area contributed by atoms with E-state index >= 15 is 0 Å². The summed E-state index contributed by atoms with van der Waals surface area (Å²) in [5, 5.41) is 17.8. The van der Waals surface area contributed by atoms with E-state index in [-0.39, 0.29) is 12.7 Å². The summed E-state index contributed by atoms with van der Waals surface area (Å²) < 4.78 is 5.17. The number of carbonyl (C=O) groups is 1. The quantitative estimate of drug-likeness (QED) is 0.647. The minimum absolute atomic E-state index is 0.118. The molecule has 0 amide bonds. The Kier molecular flexibility index (Phi) is 2.69. The highest BCUT2D eigenvalue weighted by molar-refractivity contribution is 5.76. The van der Waals surface area contributed by atoms with Crippen molar-refractivity contribution in [1.82, 2.24) is 0 Å². The van der Waals surface area contributed by atoms with E-state index in [2.05, 4.69) is 0 Å². The Morgan fingerprint density at radius 2 is 2.25 bits per heavy atom. The molecule has 0 spiro atoms. The molecule has 0 aromatic heterocycles. The maximum Gasteiger partial charge on any atom is 0.337 e. The van der Waals surface area contributed by atoms with Gasteiger partial charge in [0.25, 0.3) is 0 Å². The van der Waals surface area contributed by atoms with E-state index in [9.17, 15) is 9.90 Å². The van der Waals surface area contributed by atoms with Crippen LogP contribution >= 0.6 is 0 Å². The number of aliphatic hydroxyl groups is 1. The van der Waals surface area contributed by atoms with Crippen LogP contribution in [0.3, 0.4) is 0 Å². The second kappa shape index (κ2) is 3.41. The molecule has 2 N–H and O–H groups in total. The van der Waals surface area contributed by atoms with Crippen molar-refractivity contribution in [2.45, 2.75) is 37.9 Å². The van der Waals surface area contributed by atoms with Crippen molar-refractivity contribution in [2.75, 3.05) is 6.61 Å². The van der Waals surface area contributed by atoms with Gasteiger partial charge in [-0.05, 0) is 26.2 Å². The molecular formula is C8H14O4. The van der Waals surface area contributed by atoms with Crippen molar-refractivity contribution in [1.29, 1.82) is 0 Å². The lowest BCUT2D eigenvalue weighted by Gasteiger charge is -2.28. The molecule has 0 bridgehead atoms. The number of carboxylic acids is 1. The molecule has 1 unspecified atom stereocenters. The van der Waals surface area contributed by atoms with Crippen LogP contribution in [0.5, 0.6) is 0 Å². The SMILES string of the molecule is CC(O)(COC1CCC1)C(=O)O. The molecule has 1 fully saturated rings. The molecule has 0 radical (unpaired) electrons. The molecular weight excluding hydrogens is 160 g/mol. The van der Waals surface area contributed by atoms with Gasteiger partial charge in [0.1, 0.15) is 0 Å². The maximum absolute atomic E-state index is 10.4. The van der Waals surface area contributed by atoms with Crippen LogP contribution in [0.4, 0.5) is 0 Å². The van der Waals surface area contributed by atoms with Gasteiger partial charge < -0.3 is 14.9 Å². The third-order valence-electron chi connectivity index (χ3n) is 2.11. The lowest BCUT2D eigenvalue weighted by atomic mass is 9.96. The van der Waals surface area contributed by atoms with Crippen molar-refractivity contribution in [3.05, 3.63) is 0 Å².